The minimum absolute atomic E-state index is 0.118. The van der Waals surface area contributed by atoms with Crippen molar-refractivity contribution in [2.24, 2.45) is 0 Å². The first-order valence-electron chi connectivity index (χ1n) is 22.1. The van der Waals surface area contributed by atoms with Gasteiger partial charge in [0.25, 0.3) is 0 Å². The topological polar surface area (TPSA) is 29.5 Å². The van der Waals surface area contributed by atoms with E-state index < -0.39 is 0 Å². The van der Waals surface area contributed by atoms with Crippen LogP contribution in [0.15, 0.2) is 221 Å². The molecule has 0 bridgehead atoms. The van der Waals surface area contributed by atoms with Crippen LogP contribution >= 0.6 is 0 Å². The van der Waals surface area contributed by atoms with Gasteiger partial charge in [-0.3, -0.25) is 0 Å². The van der Waals surface area contributed by atoms with Gasteiger partial charge in [0.15, 0.2) is 0 Å². The molecule has 0 saturated heterocycles. The fourth-order valence-corrected chi connectivity index (χ4v) is 10.6. The van der Waals surface area contributed by atoms with Gasteiger partial charge in [0.1, 0.15) is 22.3 Å². The highest BCUT2D eigenvalue weighted by Gasteiger charge is 2.37. The highest BCUT2D eigenvalue weighted by Crippen LogP contribution is 2.52. The van der Waals surface area contributed by atoms with Crippen molar-refractivity contribution >= 4 is 71.7 Å². The molecule has 302 valence electrons. The lowest BCUT2D eigenvalue weighted by Crippen LogP contribution is -2.16. The maximum Gasteiger partial charge on any atom is 0.143 e. The molecule has 13 rings (SSSR count). The van der Waals surface area contributed by atoms with E-state index in [0.29, 0.717) is 0 Å². The molecule has 0 atom stereocenters. The van der Waals surface area contributed by atoms with E-state index in [1.165, 1.54) is 44.2 Å². The lowest BCUT2D eigenvalue weighted by Gasteiger charge is -2.28. The van der Waals surface area contributed by atoms with Crippen LogP contribution in [0.2, 0.25) is 0 Å². The van der Waals surface area contributed by atoms with Gasteiger partial charge in [-0.1, -0.05) is 166 Å². The standard InChI is InChI=1S/C61H41NO2/c1-61(2)54-22-8-5-15-46(54)50-19-11-18-45(59(50)61)39-27-32-44(33-28-39)62(43-30-25-38(26-31-43)42-29-34-49-48-17-7-10-24-56(48)63-57(49)37-42)55-23-9-6-16-47(55)51-20-12-21-52-53-35-40-13-3-4-14-41(40)36-58(53)64-60(51)52/h3-37H,1-2H3. The third-order valence-corrected chi connectivity index (χ3v) is 13.7. The van der Waals surface area contributed by atoms with E-state index in [1.54, 1.807) is 0 Å². The Morgan fingerprint density at radius 1 is 0.359 bits per heavy atom. The summed E-state index contributed by atoms with van der Waals surface area (Å²) in [5, 5.41) is 6.86. The predicted molar refractivity (Wildman–Crippen MR) is 267 cm³/mol. The van der Waals surface area contributed by atoms with Crippen molar-refractivity contribution in [1.82, 2.24) is 0 Å². The number of benzene rings is 10. The van der Waals surface area contributed by atoms with E-state index in [2.05, 4.69) is 219 Å². The molecular formula is C61H41NO2. The third-order valence-electron chi connectivity index (χ3n) is 13.7. The maximum atomic E-state index is 6.82. The predicted octanol–water partition coefficient (Wildman–Crippen LogP) is 17.4. The molecule has 1 aliphatic carbocycles. The minimum atomic E-state index is -0.118. The van der Waals surface area contributed by atoms with Crippen LogP contribution in [0.3, 0.4) is 0 Å². The molecule has 3 nitrogen and oxygen atoms in total. The Kier molecular flexibility index (Phi) is 7.95. The zero-order valence-electron chi connectivity index (χ0n) is 35.5. The molecule has 2 heterocycles. The maximum absolute atomic E-state index is 6.82. The lowest BCUT2D eigenvalue weighted by molar-refractivity contribution is 0.662. The van der Waals surface area contributed by atoms with Crippen LogP contribution in [0, 0.1) is 0 Å². The Morgan fingerprint density at radius 2 is 0.938 bits per heavy atom. The van der Waals surface area contributed by atoms with E-state index >= 15 is 0 Å². The molecule has 12 aromatic rings. The third kappa shape index (κ3) is 5.54. The van der Waals surface area contributed by atoms with Crippen LogP contribution in [0.25, 0.3) is 99.2 Å². The second-order valence-electron chi connectivity index (χ2n) is 17.6. The van der Waals surface area contributed by atoms with Crippen LogP contribution in [-0.4, -0.2) is 0 Å². The summed E-state index contributed by atoms with van der Waals surface area (Å²) in [5.74, 6) is 0. The van der Waals surface area contributed by atoms with Crippen molar-refractivity contribution in [2.45, 2.75) is 19.3 Å². The Morgan fingerprint density at radius 3 is 1.77 bits per heavy atom. The molecule has 0 saturated carbocycles. The fraction of sp³-hybridized carbons (Fsp3) is 0.0492. The highest BCUT2D eigenvalue weighted by molar-refractivity contribution is 6.14. The first kappa shape index (κ1) is 36.5. The smallest absolute Gasteiger partial charge is 0.143 e. The molecule has 64 heavy (non-hydrogen) atoms. The van der Waals surface area contributed by atoms with E-state index in [0.717, 1.165) is 83.2 Å². The van der Waals surface area contributed by atoms with Gasteiger partial charge in [0.05, 0.1) is 5.69 Å². The van der Waals surface area contributed by atoms with Crippen LogP contribution in [-0.2, 0) is 5.41 Å². The number of fused-ring (bicyclic) bond motifs is 10. The Balaban J connectivity index is 0.956. The quantitative estimate of drug-likeness (QED) is 0.167. The SMILES string of the molecule is CC1(C)c2ccccc2-c2cccc(-c3ccc(N(c4ccc(-c5ccc6c(c5)oc5ccccc56)cc4)c4ccccc4-c4cccc5c4oc4cc6ccccc6cc45)cc3)c21. The minimum Gasteiger partial charge on any atom is -0.456 e. The Labute approximate surface area is 371 Å². The summed E-state index contributed by atoms with van der Waals surface area (Å²) < 4.78 is 13.1. The second kappa shape index (κ2) is 13.9. The molecule has 0 radical (unpaired) electrons. The first-order chi connectivity index (χ1) is 31.5. The molecule has 0 fully saturated rings. The van der Waals surface area contributed by atoms with Crippen LogP contribution in [0.4, 0.5) is 17.1 Å². The van der Waals surface area contributed by atoms with Crippen LogP contribution in [0.5, 0.6) is 0 Å². The normalized spacial score (nSPS) is 13.0. The summed E-state index contributed by atoms with van der Waals surface area (Å²) in [7, 11) is 0. The lowest BCUT2D eigenvalue weighted by atomic mass is 9.79. The number of hydrogen-bond acceptors (Lipinski definition) is 3. The van der Waals surface area contributed by atoms with Gasteiger partial charge < -0.3 is 13.7 Å². The molecule has 2 aromatic heterocycles. The molecule has 0 amide bonds. The Bertz CT molecular complexity index is 3810. The van der Waals surface area contributed by atoms with Gasteiger partial charge in [0, 0.05) is 49.5 Å². The van der Waals surface area contributed by atoms with E-state index in [1.807, 2.05) is 12.1 Å². The average molecular weight is 820 g/mol. The summed E-state index contributed by atoms with van der Waals surface area (Å²) in [6.07, 6.45) is 0. The Hall–Kier alpha value is -8.14. The molecule has 10 aromatic carbocycles. The molecule has 0 spiro atoms. The van der Waals surface area contributed by atoms with Gasteiger partial charge in [-0.05, 0) is 116 Å². The van der Waals surface area contributed by atoms with Crippen LogP contribution < -0.4 is 4.90 Å². The van der Waals surface area contributed by atoms with Crippen molar-refractivity contribution < 1.29 is 8.83 Å². The first-order valence-corrected chi connectivity index (χ1v) is 22.1. The number of anilines is 3. The zero-order chi connectivity index (χ0) is 42.5. The molecule has 0 unspecified atom stereocenters. The number of hydrogen-bond donors (Lipinski definition) is 0. The van der Waals surface area contributed by atoms with Crippen molar-refractivity contribution in [3.63, 3.8) is 0 Å². The monoisotopic (exact) mass is 819 g/mol. The molecule has 1 aliphatic rings. The van der Waals surface area contributed by atoms with Gasteiger partial charge in [-0.2, -0.15) is 0 Å². The molecular weight excluding hydrogens is 779 g/mol. The molecule has 0 N–H and O–H groups in total. The van der Waals surface area contributed by atoms with Crippen molar-refractivity contribution in [3.05, 3.63) is 223 Å². The summed E-state index contributed by atoms with van der Waals surface area (Å²) in [4.78, 5) is 2.39. The summed E-state index contributed by atoms with van der Waals surface area (Å²) in [6.45, 7) is 4.72. The van der Waals surface area contributed by atoms with Gasteiger partial charge in [-0.15, -0.1) is 0 Å². The van der Waals surface area contributed by atoms with E-state index in [9.17, 15) is 0 Å². The highest BCUT2D eigenvalue weighted by atomic mass is 16.3. The number of nitrogens with zero attached hydrogens (tertiary/aromatic N) is 1. The number of para-hydroxylation sites is 3. The summed E-state index contributed by atoms with van der Waals surface area (Å²) in [6, 6.07) is 76.6. The molecule has 0 aliphatic heterocycles. The van der Waals surface area contributed by atoms with Crippen molar-refractivity contribution in [1.29, 1.82) is 0 Å². The fourth-order valence-electron chi connectivity index (χ4n) is 10.6. The average Bonchev–Trinajstić information content (AvgIpc) is 3.98. The molecule has 3 heteroatoms. The summed E-state index contributed by atoms with van der Waals surface area (Å²) in [5.41, 5.74) is 18.9. The zero-order valence-corrected chi connectivity index (χ0v) is 35.5. The second-order valence-corrected chi connectivity index (χ2v) is 17.6. The van der Waals surface area contributed by atoms with Gasteiger partial charge in [-0.25, -0.2) is 0 Å². The number of furan rings is 2. The number of rotatable bonds is 6. The van der Waals surface area contributed by atoms with E-state index in [4.69, 9.17) is 8.83 Å². The van der Waals surface area contributed by atoms with Gasteiger partial charge in [0.2, 0.25) is 0 Å². The van der Waals surface area contributed by atoms with Crippen molar-refractivity contribution in [2.75, 3.05) is 4.90 Å². The largest absolute Gasteiger partial charge is 0.456 e. The summed E-state index contributed by atoms with van der Waals surface area (Å²) >= 11 is 0. The van der Waals surface area contributed by atoms with Crippen molar-refractivity contribution in [3.8, 4) is 44.5 Å². The van der Waals surface area contributed by atoms with E-state index in [-0.39, 0.29) is 5.41 Å². The van der Waals surface area contributed by atoms with Gasteiger partial charge >= 0.3 is 0 Å². The van der Waals surface area contributed by atoms with Crippen LogP contribution in [0.1, 0.15) is 25.0 Å².